The van der Waals surface area contributed by atoms with Crippen LogP contribution >= 0.6 is 0 Å². The van der Waals surface area contributed by atoms with E-state index in [1.807, 2.05) is 0 Å². The minimum atomic E-state index is -4.30. The molecule has 9 heteroatoms. The number of aliphatic imine (C=N–C) groups is 1. The lowest BCUT2D eigenvalue weighted by Crippen LogP contribution is -2.57. The van der Waals surface area contributed by atoms with E-state index in [1.54, 1.807) is 13.1 Å². The Labute approximate surface area is 177 Å². The fourth-order valence-electron chi connectivity index (χ4n) is 4.09. The van der Waals surface area contributed by atoms with E-state index in [9.17, 15) is 13.2 Å². The van der Waals surface area contributed by atoms with Crippen LogP contribution in [0.4, 0.5) is 13.2 Å². The van der Waals surface area contributed by atoms with Crippen LogP contribution in [0, 0.1) is 0 Å². The molecule has 0 aromatic heterocycles. The fraction of sp³-hybridized carbons (Fsp3) is 0.667. The summed E-state index contributed by atoms with van der Waals surface area (Å²) in [6.45, 7) is 7.77. The number of halogens is 3. The van der Waals surface area contributed by atoms with Crippen molar-refractivity contribution in [2.75, 3.05) is 73.5 Å². The van der Waals surface area contributed by atoms with E-state index in [0.717, 1.165) is 64.4 Å². The Bertz CT molecular complexity index is 715. The summed E-state index contributed by atoms with van der Waals surface area (Å²) < 4.78 is 38.8. The topological polar surface area (TPSA) is 37.4 Å². The highest BCUT2D eigenvalue weighted by Gasteiger charge is 2.30. The molecule has 30 heavy (non-hydrogen) atoms. The quantitative estimate of drug-likeness (QED) is 0.585. The maximum atomic E-state index is 12.9. The van der Waals surface area contributed by atoms with Crippen LogP contribution in [-0.4, -0.2) is 105 Å². The molecule has 2 heterocycles. The zero-order chi connectivity index (χ0) is 21.7. The molecule has 6 nitrogen and oxygen atoms in total. The molecule has 168 valence electrons. The maximum absolute atomic E-state index is 12.9. The number of guanidine groups is 1. The summed E-state index contributed by atoms with van der Waals surface area (Å²) in [5.74, 6) is 0.898. The van der Waals surface area contributed by atoms with Gasteiger partial charge in [0.15, 0.2) is 5.96 Å². The lowest BCUT2D eigenvalue weighted by Gasteiger charge is -2.40. The Kier molecular flexibility index (Phi) is 7.60. The van der Waals surface area contributed by atoms with Crippen molar-refractivity contribution in [3.63, 3.8) is 0 Å². The van der Waals surface area contributed by atoms with Crippen LogP contribution in [0.25, 0.3) is 0 Å². The number of rotatable bonds is 4. The van der Waals surface area contributed by atoms with E-state index in [4.69, 9.17) is 0 Å². The van der Waals surface area contributed by atoms with Crippen LogP contribution in [0.5, 0.6) is 0 Å². The van der Waals surface area contributed by atoms with E-state index in [-0.39, 0.29) is 0 Å². The second-order valence-corrected chi connectivity index (χ2v) is 8.29. The van der Waals surface area contributed by atoms with Gasteiger partial charge in [-0.05, 0) is 25.7 Å². The van der Waals surface area contributed by atoms with Crippen molar-refractivity contribution in [2.45, 2.75) is 18.8 Å². The Morgan fingerprint density at radius 1 is 1.10 bits per heavy atom. The molecule has 1 aromatic carbocycles. The average Bonchev–Trinajstić information content (AvgIpc) is 2.71. The molecule has 2 fully saturated rings. The third-order valence-electron chi connectivity index (χ3n) is 6.02. The number of benzene rings is 1. The Balaban J connectivity index is 1.48. The van der Waals surface area contributed by atoms with Crippen molar-refractivity contribution in [3.05, 3.63) is 35.4 Å². The van der Waals surface area contributed by atoms with Gasteiger partial charge in [-0.3, -0.25) is 14.8 Å². The maximum Gasteiger partial charge on any atom is 0.416 e. The second-order valence-electron chi connectivity index (χ2n) is 8.29. The van der Waals surface area contributed by atoms with E-state index in [1.165, 1.54) is 12.1 Å². The summed E-state index contributed by atoms with van der Waals surface area (Å²) in [4.78, 5) is 13.6. The van der Waals surface area contributed by atoms with E-state index >= 15 is 0 Å². The number of hydrogen-bond acceptors (Lipinski definition) is 4. The van der Waals surface area contributed by atoms with Crippen molar-refractivity contribution >= 4 is 5.96 Å². The van der Waals surface area contributed by atoms with Gasteiger partial charge in [-0.2, -0.15) is 13.2 Å². The molecule has 0 aliphatic carbocycles. The number of likely N-dealkylation sites (N-methyl/N-ethyl adjacent to an activating group) is 2. The average molecular weight is 427 g/mol. The highest BCUT2D eigenvalue weighted by atomic mass is 19.4. The van der Waals surface area contributed by atoms with Gasteiger partial charge in [0.05, 0.1) is 5.56 Å². The smallest absolute Gasteiger partial charge is 0.355 e. The first kappa shape index (κ1) is 22.8. The molecular weight excluding hydrogens is 393 g/mol. The molecule has 1 N–H and O–H groups in total. The number of nitrogens with one attached hydrogen (secondary N) is 1. The van der Waals surface area contributed by atoms with Crippen LogP contribution in [0.15, 0.2) is 29.3 Å². The summed E-state index contributed by atoms with van der Waals surface area (Å²) in [6, 6.07) is 6.07. The number of hydrogen-bond donors (Lipinski definition) is 1. The van der Waals surface area contributed by atoms with Gasteiger partial charge in [0.1, 0.15) is 0 Å². The predicted octanol–water partition coefficient (Wildman–Crippen LogP) is 1.64. The normalized spacial score (nSPS) is 23.1. The van der Waals surface area contributed by atoms with E-state index in [2.05, 4.69) is 44.0 Å². The van der Waals surface area contributed by atoms with Gasteiger partial charge in [-0.1, -0.05) is 18.2 Å². The van der Waals surface area contributed by atoms with Crippen molar-refractivity contribution < 1.29 is 13.2 Å². The number of nitrogens with zero attached hydrogens (tertiary/aromatic N) is 5. The standard InChI is InChI=1S/C21H33F3N6/c1-25-20(26-14-19-16-27(2)7-8-28(19)3)30-11-9-29(10-12-30)15-17-5-4-6-18(13-17)21(22,23)24/h4-6,13,19H,7-12,14-16H2,1-3H3,(H,25,26). The summed E-state index contributed by atoms with van der Waals surface area (Å²) >= 11 is 0. The van der Waals surface area contributed by atoms with Crippen molar-refractivity contribution in [1.82, 2.24) is 24.9 Å². The van der Waals surface area contributed by atoms with Gasteiger partial charge in [0, 0.05) is 72.0 Å². The molecule has 1 aromatic rings. The lowest BCUT2D eigenvalue weighted by molar-refractivity contribution is -0.137. The molecule has 2 aliphatic heterocycles. The highest BCUT2D eigenvalue weighted by molar-refractivity contribution is 5.80. The summed E-state index contributed by atoms with van der Waals surface area (Å²) in [5, 5.41) is 3.51. The minimum absolute atomic E-state index is 0.447. The summed E-state index contributed by atoms with van der Waals surface area (Å²) in [6.07, 6.45) is -4.30. The van der Waals surface area contributed by atoms with Crippen molar-refractivity contribution in [2.24, 2.45) is 4.99 Å². The lowest BCUT2D eigenvalue weighted by atomic mass is 10.1. The van der Waals surface area contributed by atoms with E-state index in [0.29, 0.717) is 18.2 Å². The molecule has 0 bridgehead atoms. The molecule has 3 rings (SSSR count). The molecule has 2 saturated heterocycles. The first-order valence-corrected chi connectivity index (χ1v) is 10.5. The van der Waals surface area contributed by atoms with Crippen LogP contribution in [-0.2, 0) is 12.7 Å². The molecule has 0 amide bonds. The van der Waals surface area contributed by atoms with Crippen LogP contribution in [0.3, 0.4) is 0 Å². The molecule has 0 radical (unpaired) electrons. The third kappa shape index (κ3) is 6.09. The van der Waals surface area contributed by atoms with Crippen LogP contribution in [0.2, 0.25) is 0 Å². The molecule has 0 spiro atoms. The summed E-state index contributed by atoms with van der Waals surface area (Å²) in [7, 11) is 6.11. The zero-order valence-electron chi connectivity index (χ0n) is 18.1. The first-order chi connectivity index (χ1) is 14.3. The van der Waals surface area contributed by atoms with Gasteiger partial charge >= 0.3 is 6.18 Å². The minimum Gasteiger partial charge on any atom is -0.355 e. The predicted molar refractivity (Wildman–Crippen MR) is 114 cm³/mol. The van der Waals surface area contributed by atoms with Crippen molar-refractivity contribution in [3.8, 4) is 0 Å². The Morgan fingerprint density at radius 3 is 2.50 bits per heavy atom. The largest absolute Gasteiger partial charge is 0.416 e. The summed E-state index contributed by atoms with van der Waals surface area (Å²) in [5.41, 5.74) is 0.117. The molecule has 1 unspecified atom stereocenters. The molecule has 2 aliphatic rings. The molecular formula is C21H33F3N6. The van der Waals surface area contributed by atoms with Gasteiger partial charge in [0.25, 0.3) is 0 Å². The molecule has 0 saturated carbocycles. The van der Waals surface area contributed by atoms with Crippen LogP contribution < -0.4 is 5.32 Å². The monoisotopic (exact) mass is 426 g/mol. The Hall–Kier alpha value is -1.84. The van der Waals surface area contributed by atoms with Crippen LogP contribution in [0.1, 0.15) is 11.1 Å². The number of piperazine rings is 2. The fourth-order valence-corrected chi connectivity index (χ4v) is 4.09. The van der Waals surface area contributed by atoms with Gasteiger partial charge in [-0.25, -0.2) is 0 Å². The zero-order valence-corrected chi connectivity index (χ0v) is 18.1. The third-order valence-corrected chi connectivity index (χ3v) is 6.02. The van der Waals surface area contributed by atoms with Crippen molar-refractivity contribution in [1.29, 1.82) is 0 Å². The number of alkyl halides is 3. The van der Waals surface area contributed by atoms with Gasteiger partial charge in [-0.15, -0.1) is 0 Å². The van der Waals surface area contributed by atoms with E-state index < -0.39 is 11.7 Å². The Morgan fingerprint density at radius 2 is 1.83 bits per heavy atom. The van der Waals surface area contributed by atoms with Gasteiger partial charge in [0.2, 0.25) is 0 Å². The first-order valence-electron chi connectivity index (χ1n) is 10.5. The second kappa shape index (κ2) is 9.98. The SMILES string of the molecule is CN=C(NCC1CN(C)CCN1C)N1CCN(Cc2cccc(C(F)(F)F)c2)CC1. The van der Waals surface area contributed by atoms with Gasteiger partial charge < -0.3 is 15.1 Å². The highest BCUT2D eigenvalue weighted by Crippen LogP contribution is 2.29. The molecule has 1 atom stereocenters.